The predicted molar refractivity (Wildman–Crippen MR) is 62.1 cm³/mol. The zero-order valence-electron chi connectivity index (χ0n) is 9.77. The maximum absolute atomic E-state index is 11.9. The molecule has 1 N–H and O–H groups in total. The first-order valence-corrected chi connectivity index (χ1v) is 5.48. The summed E-state index contributed by atoms with van der Waals surface area (Å²) in [5.74, 6) is -0.282. The number of rotatable bonds is 5. The molecule has 3 heteroatoms. The number of ether oxygens (including phenoxy) is 1. The quantitative estimate of drug-likeness (QED) is 0.774. The summed E-state index contributed by atoms with van der Waals surface area (Å²) in [7, 11) is 0. The van der Waals surface area contributed by atoms with Gasteiger partial charge in [-0.3, -0.25) is 4.79 Å². The summed E-state index contributed by atoms with van der Waals surface area (Å²) >= 11 is 0. The van der Waals surface area contributed by atoms with Gasteiger partial charge in [0.25, 0.3) is 0 Å². The highest BCUT2D eigenvalue weighted by Crippen LogP contribution is 2.28. The van der Waals surface area contributed by atoms with Crippen LogP contribution in [0.5, 0.6) is 0 Å². The van der Waals surface area contributed by atoms with Gasteiger partial charge in [-0.1, -0.05) is 30.3 Å². The Labute approximate surface area is 96.1 Å². The molecule has 0 saturated carbocycles. The first-order chi connectivity index (χ1) is 7.65. The van der Waals surface area contributed by atoms with Crippen molar-refractivity contribution in [2.45, 2.75) is 25.7 Å². The fourth-order valence-electron chi connectivity index (χ4n) is 1.68. The average molecular weight is 222 g/mol. The largest absolute Gasteiger partial charge is 0.465 e. The summed E-state index contributed by atoms with van der Waals surface area (Å²) in [6, 6.07) is 9.42. The first-order valence-electron chi connectivity index (χ1n) is 5.48. The molecule has 1 aromatic carbocycles. The second-order valence-electron chi connectivity index (χ2n) is 3.89. The Morgan fingerprint density at radius 3 is 2.50 bits per heavy atom. The van der Waals surface area contributed by atoms with E-state index in [-0.39, 0.29) is 12.6 Å². The molecule has 0 aliphatic carbocycles. The van der Waals surface area contributed by atoms with Gasteiger partial charge in [-0.15, -0.1) is 0 Å². The highest BCUT2D eigenvalue weighted by Gasteiger charge is 2.35. The zero-order chi connectivity index (χ0) is 12.0. The number of esters is 1. The van der Waals surface area contributed by atoms with Crippen LogP contribution in [0, 0.1) is 0 Å². The summed E-state index contributed by atoms with van der Waals surface area (Å²) in [6.07, 6.45) is 0.371. The molecule has 1 rings (SSSR count). The molecule has 0 bridgehead atoms. The van der Waals surface area contributed by atoms with E-state index in [9.17, 15) is 4.79 Å². The van der Waals surface area contributed by atoms with Crippen LogP contribution in [0.3, 0.4) is 0 Å². The predicted octanol–water partition coefficient (Wildman–Crippen LogP) is 1.89. The van der Waals surface area contributed by atoms with Crippen LogP contribution in [-0.4, -0.2) is 24.3 Å². The highest BCUT2D eigenvalue weighted by molar-refractivity contribution is 5.82. The maximum atomic E-state index is 11.9. The molecule has 0 heterocycles. The SMILES string of the molecule is CCOC(=O)C(C)(CCO)c1ccccc1. The Kier molecular flexibility index (Phi) is 4.50. The number of aliphatic hydroxyl groups is 1. The Balaban J connectivity index is 3.01. The van der Waals surface area contributed by atoms with Crippen LogP contribution < -0.4 is 0 Å². The van der Waals surface area contributed by atoms with Crippen molar-refractivity contribution in [3.05, 3.63) is 35.9 Å². The molecular formula is C13H18O3. The van der Waals surface area contributed by atoms with Gasteiger partial charge >= 0.3 is 5.97 Å². The molecule has 1 aromatic rings. The number of carbonyl (C=O) groups excluding carboxylic acids is 1. The van der Waals surface area contributed by atoms with Crippen molar-refractivity contribution in [3.63, 3.8) is 0 Å². The number of benzene rings is 1. The minimum absolute atomic E-state index is 0.0375. The number of hydrogen-bond donors (Lipinski definition) is 1. The van der Waals surface area contributed by atoms with Gasteiger partial charge in [-0.2, -0.15) is 0 Å². The van der Waals surface area contributed by atoms with E-state index in [1.54, 1.807) is 13.8 Å². The number of carbonyl (C=O) groups is 1. The minimum atomic E-state index is -0.758. The Morgan fingerprint density at radius 2 is 2.00 bits per heavy atom. The Hall–Kier alpha value is -1.35. The molecule has 1 unspecified atom stereocenters. The molecule has 3 nitrogen and oxygen atoms in total. The summed E-state index contributed by atoms with van der Waals surface area (Å²) in [6.45, 7) is 3.90. The molecule has 0 aromatic heterocycles. The smallest absolute Gasteiger partial charge is 0.316 e. The third kappa shape index (κ3) is 2.61. The minimum Gasteiger partial charge on any atom is -0.465 e. The molecule has 16 heavy (non-hydrogen) atoms. The molecule has 1 atom stereocenters. The lowest BCUT2D eigenvalue weighted by Gasteiger charge is -2.26. The standard InChI is InChI=1S/C13H18O3/c1-3-16-12(15)13(2,9-10-14)11-7-5-4-6-8-11/h4-8,14H,3,9-10H2,1-2H3. The Bertz CT molecular complexity index is 334. The lowest BCUT2D eigenvalue weighted by molar-refractivity contribution is -0.150. The van der Waals surface area contributed by atoms with Crippen molar-refractivity contribution in [3.8, 4) is 0 Å². The van der Waals surface area contributed by atoms with E-state index in [0.717, 1.165) is 5.56 Å². The molecule has 0 aliphatic rings. The molecule has 88 valence electrons. The zero-order valence-corrected chi connectivity index (χ0v) is 9.77. The van der Waals surface area contributed by atoms with Gasteiger partial charge in [0.1, 0.15) is 0 Å². The lowest BCUT2D eigenvalue weighted by atomic mass is 9.80. The second-order valence-corrected chi connectivity index (χ2v) is 3.89. The number of aliphatic hydroxyl groups excluding tert-OH is 1. The van der Waals surface area contributed by atoms with Crippen molar-refractivity contribution in [2.75, 3.05) is 13.2 Å². The van der Waals surface area contributed by atoms with Gasteiger partial charge in [0.05, 0.1) is 12.0 Å². The molecule has 0 amide bonds. The van der Waals surface area contributed by atoms with Gasteiger partial charge in [0.2, 0.25) is 0 Å². The van der Waals surface area contributed by atoms with E-state index in [2.05, 4.69) is 0 Å². The molecule has 0 spiro atoms. The van der Waals surface area contributed by atoms with E-state index in [1.807, 2.05) is 30.3 Å². The van der Waals surface area contributed by atoms with Gasteiger partial charge in [0.15, 0.2) is 0 Å². The van der Waals surface area contributed by atoms with Gasteiger partial charge in [0, 0.05) is 6.61 Å². The average Bonchev–Trinajstić information content (AvgIpc) is 2.30. The van der Waals surface area contributed by atoms with Gasteiger partial charge < -0.3 is 9.84 Å². The summed E-state index contributed by atoms with van der Waals surface area (Å²) in [5, 5.41) is 9.07. The summed E-state index contributed by atoms with van der Waals surface area (Å²) < 4.78 is 5.06. The second kappa shape index (κ2) is 5.66. The molecule has 0 aliphatic heterocycles. The van der Waals surface area contributed by atoms with E-state index >= 15 is 0 Å². The van der Waals surface area contributed by atoms with Gasteiger partial charge in [-0.25, -0.2) is 0 Å². The van der Waals surface area contributed by atoms with Crippen LogP contribution in [0.4, 0.5) is 0 Å². The van der Waals surface area contributed by atoms with E-state index < -0.39 is 5.41 Å². The van der Waals surface area contributed by atoms with Crippen molar-refractivity contribution < 1.29 is 14.6 Å². The number of hydrogen-bond acceptors (Lipinski definition) is 3. The molecule has 0 fully saturated rings. The molecule has 0 radical (unpaired) electrons. The maximum Gasteiger partial charge on any atom is 0.316 e. The lowest BCUT2D eigenvalue weighted by Crippen LogP contribution is -2.35. The van der Waals surface area contributed by atoms with Crippen molar-refractivity contribution >= 4 is 5.97 Å². The highest BCUT2D eigenvalue weighted by atomic mass is 16.5. The topological polar surface area (TPSA) is 46.5 Å². The van der Waals surface area contributed by atoms with Crippen molar-refractivity contribution in [1.82, 2.24) is 0 Å². The molecular weight excluding hydrogens is 204 g/mol. The third-order valence-electron chi connectivity index (χ3n) is 2.75. The van der Waals surface area contributed by atoms with Crippen LogP contribution in [0.25, 0.3) is 0 Å². The van der Waals surface area contributed by atoms with Crippen LogP contribution in [-0.2, 0) is 14.9 Å². The Morgan fingerprint density at radius 1 is 1.38 bits per heavy atom. The fraction of sp³-hybridized carbons (Fsp3) is 0.462. The molecule has 0 saturated heterocycles. The van der Waals surface area contributed by atoms with Gasteiger partial charge in [-0.05, 0) is 25.8 Å². The summed E-state index contributed by atoms with van der Waals surface area (Å²) in [4.78, 5) is 11.9. The van der Waals surface area contributed by atoms with Crippen LogP contribution in [0.2, 0.25) is 0 Å². The van der Waals surface area contributed by atoms with E-state index in [0.29, 0.717) is 13.0 Å². The third-order valence-corrected chi connectivity index (χ3v) is 2.75. The first kappa shape index (κ1) is 12.7. The van der Waals surface area contributed by atoms with Crippen LogP contribution >= 0.6 is 0 Å². The fourth-order valence-corrected chi connectivity index (χ4v) is 1.68. The van der Waals surface area contributed by atoms with Crippen LogP contribution in [0.1, 0.15) is 25.8 Å². The van der Waals surface area contributed by atoms with Crippen molar-refractivity contribution in [2.24, 2.45) is 0 Å². The van der Waals surface area contributed by atoms with E-state index in [1.165, 1.54) is 0 Å². The van der Waals surface area contributed by atoms with E-state index in [4.69, 9.17) is 9.84 Å². The normalized spacial score (nSPS) is 14.2. The summed E-state index contributed by atoms with van der Waals surface area (Å²) in [5.41, 5.74) is 0.119. The van der Waals surface area contributed by atoms with Crippen LogP contribution in [0.15, 0.2) is 30.3 Å². The van der Waals surface area contributed by atoms with Crippen molar-refractivity contribution in [1.29, 1.82) is 0 Å². The monoisotopic (exact) mass is 222 g/mol.